The van der Waals surface area contributed by atoms with Gasteiger partial charge >= 0.3 is 11.9 Å². The summed E-state index contributed by atoms with van der Waals surface area (Å²) in [6.07, 6.45) is 0.766. The summed E-state index contributed by atoms with van der Waals surface area (Å²) in [5, 5.41) is 3.91. The molecule has 1 atom stereocenters. The molecule has 0 amide bonds. The number of rotatable bonds is 5. The average molecular weight is 335 g/mol. The second kappa shape index (κ2) is 7.81. The van der Waals surface area contributed by atoms with E-state index in [1.807, 2.05) is 6.07 Å². The maximum Gasteiger partial charge on any atom is 0.331 e. The summed E-state index contributed by atoms with van der Waals surface area (Å²) in [6.45, 7) is 3.32. The van der Waals surface area contributed by atoms with Gasteiger partial charge in [0.05, 0.1) is 32.5 Å². The third kappa shape index (κ3) is 3.67. The fourth-order valence-corrected chi connectivity index (χ4v) is 2.76. The summed E-state index contributed by atoms with van der Waals surface area (Å²) in [6, 6.07) is 3.58. The van der Waals surface area contributed by atoms with Crippen LogP contribution in [0.15, 0.2) is 17.3 Å². The second-order valence-electron chi connectivity index (χ2n) is 5.31. The maximum absolute atomic E-state index is 12.2. The molecule has 1 aliphatic rings. The van der Waals surface area contributed by atoms with Gasteiger partial charge in [-0.1, -0.05) is 5.16 Å². The topological polar surface area (TPSA) is 83.4 Å². The lowest BCUT2D eigenvalue weighted by Crippen LogP contribution is -2.29. The van der Waals surface area contributed by atoms with Crippen molar-refractivity contribution in [1.29, 1.82) is 0 Å². The fourth-order valence-electron chi connectivity index (χ4n) is 2.76. The first kappa shape index (κ1) is 17.8. The SMILES string of the molecule is CCOC(=O)[C@H]1C/C(=N\OC(C)=O)c2ccc(OC)c(OC)c2C1. The molecule has 0 saturated carbocycles. The van der Waals surface area contributed by atoms with E-state index < -0.39 is 11.9 Å². The third-order valence-electron chi connectivity index (χ3n) is 3.75. The molecule has 0 heterocycles. The number of ether oxygens (including phenoxy) is 3. The van der Waals surface area contributed by atoms with Crippen molar-refractivity contribution < 1.29 is 28.6 Å². The summed E-state index contributed by atoms with van der Waals surface area (Å²) in [5.74, 6) is -0.161. The number of oxime groups is 1. The second-order valence-corrected chi connectivity index (χ2v) is 5.31. The van der Waals surface area contributed by atoms with Crippen LogP contribution in [0.3, 0.4) is 0 Å². The molecular formula is C17H21NO6. The van der Waals surface area contributed by atoms with Crippen LogP contribution in [0.5, 0.6) is 11.5 Å². The van der Waals surface area contributed by atoms with E-state index in [0.717, 1.165) is 11.1 Å². The first-order valence-electron chi connectivity index (χ1n) is 7.67. The monoisotopic (exact) mass is 335 g/mol. The lowest BCUT2D eigenvalue weighted by atomic mass is 9.82. The summed E-state index contributed by atoms with van der Waals surface area (Å²) in [4.78, 5) is 28.0. The van der Waals surface area contributed by atoms with E-state index in [0.29, 0.717) is 36.7 Å². The molecule has 0 unspecified atom stereocenters. The molecule has 7 nitrogen and oxygen atoms in total. The van der Waals surface area contributed by atoms with Crippen LogP contribution in [0.2, 0.25) is 0 Å². The van der Waals surface area contributed by atoms with Gasteiger partial charge in [0, 0.05) is 24.5 Å². The summed E-state index contributed by atoms with van der Waals surface area (Å²) in [5.41, 5.74) is 2.06. The largest absolute Gasteiger partial charge is 0.493 e. The van der Waals surface area contributed by atoms with Gasteiger partial charge in [-0.25, -0.2) is 4.79 Å². The number of carbonyl (C=O) groups is 2. The number of esters is 1. The van der Waals surface area contributed by atoms with Crippen molar-refractivity contribution in [3.63, 3.8) is 0 Å². The van der Waals surface area contributed by atoms with Gasteiger partial charge in [0.2, 0.25) is 0 Å². The molecule has 0 fully saturated rings. The Morgan fingerprint density at radius 2 is 1.96 bits per heavy atom. The molecule has 1 aromatic rings. The summed E-state index contributed by atoms with van der Waals surface area (Å²) in [7, 11) is 3.08. The molecule has 0 N–H and O–H groups in total. The third-order valence-corrected chi connectivity index (χ3v) is 3.75. The normalized spacial score (nSPS) is 17.8. The van der Waals surface area contributed by atoms with Crippen LogP contribution in [0, 0.1) is 5.92 Å². The Morgan fingerprint density at radius 1 is 1.21 bits per heavy atom. The number of hydrogen-bond acceptors (Lipinski definition) is 7. The van der Waals surface area contributed by atoms with E-state index in [-0.39, 0.29) is 5.97 Å². The lowest BCUT2D eigenvalue weighted by molar-refractivity contribution is -0.147. The number of hydrogen-bond donors (Lipinski definition) is 0. The predicted octanol–water partition coefficient (Wildman–Crippen LogP) is 2.10. The zero-order chi connectivity index (χ0) is 17.7. The highest BCUT2D eigenvalue weighted by atomic mass is 16.7. The number of fused-ring (bicyclic) bond motifs is 1. The molecule has 0 aromatic heterocycles. The number of nitrogens with zero attached hydrogens (tertiary/aromatic N) is 1. The van der Waals surface area contributed by atoms with E-state index >= 15 is 0 Å². The van der Waals surface area contributed by atoms with Crippen LogP contribution in [0.25, 0.3) is 0 Å². The highest BCUT2D eigenvalue weighted by Gasteiger charge is 2.33. The molecule has 7 heteroatoms. The Labute approximate surface area is 140 Å². The van der Waals surface area contributed by atoms with Crippen LogP contribution in [-0.4, -0.2) is 38.5 Å². The van der Waals surface area contributed by atoms with Crippen LogP contribution < -0.4 is 9.47 Å². The van der Waals surface area contributed by atoms with Gasteiger partial charge in [0.1, 0.15) is 0 Å². The molecule has 1 aromatic carbocycles. The van der Waals surface area contributed by atoms with Gasteiger partial charge < -0.3 is 19.0 Å². The van der Waals surface area contributed by atoms with Gasteiger partial charge in [0.15, 0.2) is 11.5 Å². The van der Waals surface area contributed by atoms with Crippen molar-refractivity contribution in [2.75, 3.05) is 20.8 Å². The summed E-state index contributed by atoms with van der Waals surface area (Å²) < 4.78 is 15.9. The lowest BCUT2D eigenvalue weighted by Gasteiger charge is -2.26. The zero-order valence-corrected chi connectivity index (χ0v) is 14.3. The first-order valence-corrected chi connectivity index (χ1v) is 7.67. The number of methoxy groups -OCH3 is 2. The van der Waals surface area contributed by atoms with Crippen molar-refractivity contribution in [2.45, 2.75) is 26.7 Å². The van der Waals surface area contributed by atoms with E-state index in [4.69, 9.17) is 19.0 Å². The van der Waals surface area contributed by atoms with E-state index in [1.54, 1.807) is 20.1 Å². The highest BCUT2D eigenvalue weighted by molar-refractivity contribution is 6.05. The van der Waals surface area contributed by atoms with Gasteiger partial charge in [-0.3, -0.25) is 4.79 Å². The van der Waals surface area contributed by atoms with Gasteiger partial charge in [-0.2, -0.15) is 0 Å². The number of carbonyl (C=O) groups excluding carboxylic acids is 2. The van der Waals surface area contributed by atoms with Crippen molar-refractivity contribution in [1.82, 2.24) is 0 Å². The van der Waals surface area contributed by atoms with E-state index in [1.165, 1.54) is 14.0 Å². The van der Waals surface area contributed by atoms with Gasteiger partial charge in [0.25, 0.3) is 0 Å². The Hall–Kier alpha value is -2.57. The van der Waals surface area contributed by atoms with Crippen molar-refractivity contribution in [3.05, 3.63) is 23.3 Å². The standard InChI is InChI=1S/C17H21NO6/c1-5-23-17(20)11-8-13-12(14(9-11)18-24-10(2)19)6-7-15(21-3)16(13)22-4/h6-7,11H,5,8-9H2,1-4H3/b18-14+/t11-/m1/s1. The molecule has 130 valence electrons. The molecule has 1 aliphatic carbocycles. The Morgan fingerprint density at radius 3 is 2.54 bits per heavy atom. The molecule has 0 aliphatic heterocycles. The Kier molecular flexibility index (Phi) is 5.78. The van der Waals surface area contributed by atoms with Crippen LogP contribution in [0.4, 0.5) is 0 Å². The molecule has 0 bridgehead atoms. The zero-order valence-electron chi connectivity index (χ0n) is 14.3. The van der Waals surface area contributed by atoms with Crippen molar-refractivity contribution in [3.8, 4) is 11.5 Å². The molecule has 0 radical (unpaired) electrons. The minimum Gasteiger partial charge on any atom is -0.493 e. The minimum absolute atomic E-state index is 0.299. The van der Waals surface area contributed by atoms with Crippen molar-refractivity contribution >= 4 is 17.7 Å². The Bertz CT molecular complexity index is 667. The highest BCUT2D eigenvalue weighted by Crippen LogP contribution is 2.39. The molecule has 2 rings (SSSR count). The maximum atomic E-state index is 12.2. The van der Waals surface area contributed by atoms with Crippen LogP contribution >= 0.6 is 0 Å². The smallest absolute Gasteiger partial charge is 0.331 e. The quantitative estimate of drug-likeness (QED) is 0.465. The van der Waals surface area contributed by atoms with Crippen molar-refractivity contribution in [2.24, 2.45) is 11.1 Å². The van der Waals surface area contributed by atoms with Crippen LogP contribution in [-0.2, 0) is 25.6 Å². The minimum atomic E-state index is -0.525. The van der Waals surface area contributed by atoms with E-state index in [2.05, 4.69) is 5.16 Å². The van der Waals surface area contributed by atoms with Gasteiger partial charge in [-0.05, 0) is 25.5 Å². The van der Waals surface area contributed by atoms with Gasteiger partial charge in [-0.15, -0.1) is 0 Å². The van der Waals surface area contributed by atoms with E-state index in [9.17, 15) is 9.59 Å². The summed E-state index contributed by atoms with van der Waals surface area (Å²) >= 11 is 0. The molecule has 0 spiro atoms. The fraction of sp³-hybridized carbons (Fsp3) is 0.471. The molecule has 0 saturated heterocycles. The molecular weight excluding hydrogens is 314 g/mol. The Balaban J connectivity index is 2.50. The molecule has 24 heavy (non-hydrogen) atoms. The first-order chi connectivity index (χ1) is 11.5. The average Bonchev–Trinajstić information content (AvgIpc) is 2.58. The number of benzene rings is 1. The van der Waals surface area contributed by atoms with Crippen LogP contribution in [0.1, 0.15) is 31.4 Å². The predicted molar refractivity (Wildman–Crippen MR) is 86.3 cm³/mol.